The highest BCUT2D eigenvalue weighted by molar-refractivity contribution is 5.43. The molecule has 1 aliphatic rings. The van der Waals surface area contributed by atoms with Gasteiger partial charge in [-0.25, -0.2) is 4.98 Å². The summed E-state index contributed by atoms with van der Waals surface area (Å²) in [6.07, 6.45) is 4.08. The van der Waals surface area contributed by atoms with Gasteiger partial charge in [-0.05, 0) is 30.0 Å². The Morgan fingerprint density at radius 3 is 2.94 bits per heavy atom. The summed E-state index contributed by atoms with van der Waals surface area (Å²) in [4.78, 5) is 4.44. The molecule has 0 spiro atoms. The van der Waals surface area contributed by atoms with Crippen LogP contribution < -0.4 is 5.73 Å². The van der Waals surface area contributed by atoms with Gasteiger partial charge < -0.3 is 10.1 Å². The molecule has 1 saturated carbocycles. The second kappa shape index (κ2) is 3.08. The maximum absolute atomic E-state index is 5.82. The van der Waals surface area contributed by atoms with Gasteiger partial charge in [0.05, 0.1) is 0 Å². The van der Waals surface area contributed by atoms with Gasteiger partial charge in [-0.2, -0.15) is 0 Å². The van der Waals surface area contributed by atoms with Crippen LogP contribution in [0.25, 0.3) is 5.65 Å². The molecule has 16 heavy (non-hydrogen) atoms. The number of pyridine rings is 1. The number of rotatable bonds is 2. The number of nitrogens with zero attached hydrogens (tertiary/aromatic N) is 2. The van der Waals surface area contributed by atoms with E-state index >= 15 is 0 Å². The summed E-state index contributed by atoms with van der Waals surface area (Å²) < 4.78 is 2.18. The van der Waals surface area contributed by atoms with Gasteiger partial charge in [0, 0.05) is 24.0 Å². The van der Waals surface area contributed by atoms with Gasteiger partial charge in [0.1, 0.15) is 5.65 Å². The summed E-state index contributed by atoms with van der Waals surface area (Å²) >= 11 is 0. The van der Waals surface area contributed by atoms with Crippen molar-refractivity contribution < 1.29 is 0 Å². The molecular formula is C13H17N3. The predicted molar refractivity (Wildman–Crippen MR) is 64.3 cm³/mol. The molecule has 84 valence electrons. The molecule has 2 atom stereocenters. The Morgan fingerprint density at radius 1 is 1.44 bits per heavy atom. The first kappa shape index (κ1) is 9.85. The minimum absolute atomic E-state index is 0.320. The van der Waals surface area contributed by atoms with E-state index in [1.54, 1.807) is 0 Å². The Bertz CT molecular complexity index is 527. The van der Waals surface area contributed by atoms with Crippen molar-refractivity contribution in [1.82, 2.24) is 9.38 Å². The molecule has 2 aromatic rings. The summed E-state index contributed by atoms with van der Waals surface area (Å²) in [5, 5.41) is 0. The minimum Gasteiger partial charge on any atom is -0.330 e. The van der Waals surface area contributed by atoms with Gasteiger partial charge in [0.25, 0.3) is 0 Å². The zero-order valence-electron chi connectivity index (χ0n) is 9.72. The lowest BCUT2D eigenvalue weighted by Crippen LogP contribution is -2.05. The fraction of sp³-hybridized carbons (Fsp3) is 0.462. The average Bonchev–Trinajstić information content (AvgIpc) is 2.66. The number of hydrogen-bond donors (Lipinski definition) is 1. The first-order valence-corrected chi connectivity index (χ1v) is 5.78. The maximum Gasteiger partial charge on any atom is 0.136 e. The molecule has 2 aromatic heterocycles. The van der Waals surface area contributed by atoms with Crippen LogP contribution in [0.5, 0.6) is 0 Å². The van der Waals surface area contributed by atoms with E-state index in [-0.39, 0.29) is 0 Å². The summed E-state index contributed by atoms with van der Waals surface area (Å²) in [7, 11) is 0. The van der Waals surface area contributed by atoms with Crippen molar-refractivity contribution in [3.05, 3.63) is 36.3 Å². The molecule has 0 amide bonds. The summed E-state index contributed by atoms with van der Waals surface area (Å²) in [6, 6.07) is 6.10. The molecule has 3 rings (SSSR count). The Hall–Kier alpha value is -1.35. The van der Waals surface area contributed by atoms with Crippen molar-refractivity contribution in [3.8, 4) is 0 Å². The van der Waals surface area contributed by atoms with E-state index < -0.39 is 0 Å². The van der Waals surface area contributed by atoms with Crippen LogP contribution in [-0.4, -0.2) is 15.9 Å². The smallest absolute Gasteiger partial charge is 0.136 e. The molecule has 1 fully saturated rings. The molecule has 1 aliphatic carbocycles. The van der Waals surface area contributed by atoms with Crippen molar-refractivity contribution in [2.75, 3.05) is 6.54 Å². The molecule has 0 saturated heterocycles. The lowest BCUT2D eigenvalue weighted by molar-refractivity contribution is 0.557. The van der Waals surface area contributed by atoms with Crippen molar-refractivity contribution in [2.45, 2.75) is 19.8 Å². The van der Waals surface area contributed by atoms with E-state index in [4.69, 9.17) is 5.73 Å². The van der Waals surface area contributed by atoms with Gasteiger partial charge >= 0.3 is 0 Å². The Kier molecular flexibility index (Phi) is 1.89. The van der Waals surface area contributed by atoms with E-state index in [1.165, 1.54) is 5.69 Å². The molecule has 0 aromatic carbocycles. The SMILES string of the molecule is CC1(C)[C@@H](CN)[C@@H]1c1cnc2ccccn12. The van der Waals surface area contributed by atoms with E-state index in [2.05, 4.69) is 29.4 Å². The van der Waals surface area contributed by atoms with Crippen molar-refractivity contribution in [2.24, 2.45) is 17.1 Å². The second-order valence-corrected chi connectivity index (χ2v) is 5.25. The minimum atomic E-state index is 0.320. The number of fused-ring (bicyclic) bond motifs is 1. The van der Waals surface area contributed by atoms with E-state index in [9.17, 15) is 0 Å². The predicted octanol–water partition coefficient (Wildman–Crippen LogP) is 2.03. The van der Waals surface area contributed by atoms with Crippen LogP contribution >= 0.6 is 0 Å². The van der Waals surface area contributed by atoms with Crippen molar-refractivity contribution >= 4 is 5.65 Å². The lowest BCUT2D eigenvalue weighted by Gasteiger charge is -2.02. The molecule has 3 heteroatoms. The molecular weight excluding hydrogens is 198 g/mol. The molecule has 0 unspecified atom stereocenters. The Balaban J connectivity index is 2.08. The highest BCUT2D eigenvalue weighted by atomic mass is 15.0. The zero-order valence-corrected chi connectivity index (χ0v) is 9.72. The summed E-state index contributed by atoms with van der Waals surface area (Å²) in [5.74, 6) is 1.14. The number of hydrogen-bond acceptors (Lipinski definition) is 2. The molecule has 2 heterocycles. The quantitative estimate of drug-likeness (QED) is 0.833. The summed E-state index contributed by atoms with van der Waals surface area (Å²) in [5.41, 5.74) is 8.47. The summed E-state index contributed by atoms with van der Waals surface area (Å²) in [6.45, 7) is 5.34. The second-order valence-electron chi connectivity index (χ2n) is 5.25. The third kappa shape index (κ3) is 1.15. The van der Waals surface area contributed by atoms with Crippen LogP contribution in [-0.2, 0) is 0 Å². The molecule has 0 bridgehead atoms. The Morgan fingerprint density at radius 2 is 2.25 bits per heavy atom. The number of aromatic nitrogens is 2. The van der Waals surface area contributed by atoms with Crippen LogP contribution in [0.3, 0.4) is 0 Å². The van der Waals surface area contributed by atoms with Gasteiger partial charge in [-0.15, -0.1) is 0 Å². The van der Waals surface area contributed by atoms with Crippen LogP contribution in [0, 0.1) is 11.3 Å². The molecule has 2 N–H and O–H groups in total. The normalized spacial score (nSPS) is 27.2. The third-order valence-electron chi connectivity index (χ3n) is 4.07. The average molecular weight is 215 g/mol. The molecule has 3 nitrogen and oxygen atoms in total. The van der Waals surface area contributed by atoms with Crippen molar-refractivity contribution in [3.63, 3.8) is 0 Å². The lowest BCUT2D eigenvalue weighted by atomic mass is 10.1. The first-order chi connectivity index (χ1) is 7.66. The highest BCUT2D eigenvalue weighted by Crippen LogP contribution is 2.63. The van der Waals surface area contributed by atoms with Crippen LogP contribution in [0.15, 0.2) is 30.6 Å². The Labute approximate surface area is 95.3 Å². The fourth-order valence-corrected chi connectivity index (χ4v) is 2.95. The van der Waals surface area contributed by atoms with Crippen molar-refractivity contribution in [1.29, 1.82) is 0 Å². The van der Waals surface area contributed by atoms with Gasteiger partial charge in [-0.3, -0.25) is 0 Å². The highest BCUT2D eigenvalue weighted by Gasteiger charge is 2.58. The number of nitrogens with two attached hydrogens (primary N) is 1. The topological polar surface area (TPSA) is 43.3 Å². The fourth-order valence-electron chi connectivity index (χ4n) is 2.95. The molecule has 0 radical (unpaired) electrons. The molecule has 0 aliphatic heterocycles. The first-order valence-electron chi connectivity index (χ1n) is 5.78. The van der Waals surface area contributed by atoms with Crippen LogP contribution in [0.4, 0.5) is 0 Å². The van der Waals surface area contributed by atoms with Gasteiger partial charge in [0.15, 0.2) is 0 Å². The standard InChI is InChI=1S/C13H17N3/c1-13(2)9(7-14)12(13)10-8-15-11-5-3-4-6-16(10)11/h3-6,8-9,12H,7,14H2,1-2H3/t9-,12+/m0/s1. The number of imidazole rings is 1. The largest absolute Gasteiger partial charge is 0.330 e. The van der Waals surface area contributed by atoms with Gasteiger partial charge in [0.2, 0.25) is 0 Å². The zero-order chi connectivity index (χ0) is 11.3. The van der Waals surface area contributed by atoms with Crippen LogP contribution in [0.1, 0.15) is 25.5 Å². The van der Waals surface area contributed by atoms with E-state index in [0.717, 1.165) is 12.2 Å². The van der Waals surface area contributed by atoms with E-state index in [0.29, 0.717) is 17.3 Å². The van der Waals surface area contributed by atoms with Crippen LogP contribution in [0.2, 0.25) is 0 Å². The van der Waals surface area contributed by atoms with Gasteiger partial charge in [-0.1, -0.05) is 19.9 Å². The monoisotopic (exact) mass is 215 g/mol. The maximum atomic E-state index is 5.82. The third-order valence-corrected chi connectivity index (χ3v) is 4.07. The van der Waals surface area contributed by atoms with E-state index in [1.807, 2.05) is 24.4 Å².